The van der Waals surface area contributed by atoms with Gasteiger partial charge in [0.1, 0.15) is 6.33 Å². The molecule has 0 amide bonds. The van der Waals surface area contributed by atoms with Gasteiger partial charge in [0, 0.05) is 5.02 Å². The lowest BCUT2D eigenvalue weighted by Gasteiger charge is -2.04. The summed E-state index contributed by atoms with van der Waals surface area (Å²) in [6.07, 6.45) is 1.36. The maximum Gasteiger partial charge on any atom is 0.347 e. The number of hydrogen-bond acceptors (Lipinski definition) is 3. The Morgan fingerprint density at radius 2 is 2.29 bits per heavy atom. The largest absolute Gasteiger partial charge is 0.397 e. The number of anilines is 1. The van der Waals surface area contributed by atoms with Crippen molar-refractivity contribution < 1.29 is 0 Å². The molecule has 0 fully saturated rings. The second-order valence-corrected chi connectivity index (χ2v) is 3.17. The summed E-state index contributed by atoms with van der Waals surface area (Å²) in [5, 5.41) is 6.41. The summed E-state index contributed by atoms with van der Waals surface area (Å²) in [5.74, 6) is 0. The number of aromatic nitrogens is 3. The fourth-order valence-corrected chi connectivity index (χ4v) is 1.35. The van der Waals surface area contributed by atoms with E-state index in [1.54, 1.807) is 18.2 Å². The summed E-state index contributed by atoms with van der Waals surface area (Å²) in [6, 6.07) is 4.90. The lowest BCUT2D eigenvalue weighted by molar-refractivity contribution is 0.985. The molecule has 72 valence electrons. The third-order valence-corrected chi connectivity index (χ3v) is 2.04. The molecular formula is C8H7ClN4O. The Balaban J connectivity index is 2.63. The van der Waals surface area contributed by atoms with Gasteiger partial charge in [0.05, 0.1) is 11.4 Å². The third-order valence-electron chi connectivity index (χ3n) is 1.80. The van der Waals surface area contributed by atoms with Gasteiger partial charge < -0.3 is 5.73 Å². The molecule has 0 aliphatic carbocycles. The third kappa shape index (κ3) is 1.38. The molecule has 0 saturated carbocycles. The normalized spacial score (nSPS) is 10.4. The number of hydrogen-bond donors (Lipinski definition) is 2. The van der Waals surface area contributed by atoms with Crippen LogP contribution >= 0.6 is 11.6 Å². The molecule has 0 aliphatic heterocycles. The number of nitrogens with zero attached hydrogens (tertiary/aromatic N) is 2. The molecule has 0 aliphatic rings. The molecule has 1 heterocycles. The minimum absolute atomic E-state index is 0.334. The fraction of sp³-hybridized carbons (Fsp3) is 0. The van der Waals surface area contributed by atoms with Gasteiger partial charge in [-0.2, -0.15) is 5.10 Å². The van der Waals surface area contributed by atoms with Gasteiger partial charge in [-0.25, -0.2) is 14.5 Å². The highest BCUT2D eigenvalue weighted by Gasteiger charge is 2.04. The van der Waals surface area contributed by atoms with Crippen molar-refractivity contribution in [1.29, 1.82) is 0 Å². The summed E-state index contributed by atoms with van der Waals surface area (Å²) < 4.78 is 1.31. The van der Waals surface area contributed by atoms with E-state index in [1.165, 1.54) is 10.9 Å². The zero-order valence-corrected chi connectivity index (χ0v) is 7.82. The molecule has 3 N–H and O–H groups in total. The highest BCUT2D eigenvalue weighted by Crippen LogP contribution is 2.19. The van der Waals surface area contributed by atoms with Crippen molar-refractivity contribution in [3.63, 3.8) is 0 Å². The van der Waals surface area contributed by atoms with Gasteiger partial charge in [0.15, 0.2) is 0 Å². The second kappa shape index (κ2) is 3.19. The van der Waals surface area contributed by atoms with Crippen LogP contribution in [0.25, 0.3) is 5.69 Å². The molecule has 2 aromatic rings. The van der Waals surface area contributed by atoms with E-state index >= 15 is 0 Å². The highest BCUT2D eigenvalue weighted by molar-refractivity contribution is 6.30. The molecular weight excluding hydrogens is 204 g/mol. The van der Waals surface area contributed by atoms with Crippen molar-refractivity contribution in [3.05, 3.63) is 40.0 Å². The van der Waals surface area contributed by atoms with E-state index in [9.17, 15) is 4.79 Å². The van der Waals surface area contributed by atoms with Gasteiger partial charge in [-0.05, 0) is 18.2 Å². The lowest BCUT2D eigenvalue weighted by atomic mass is 10.3. The lowest BCUT2D eigenvalue weighted by Crippen LogP contribution is -2.15. The number of halogens is 1. The van der Waals surface area contributed by atoms with Crippen molar-refractivity contribution in [2.75, 3.05) is 5.73 Å². The van der Waals surface area contributed by atoms with Crippen LogP contribution in [0.15, 0.2) is 29.3 Å². The maximum atomic E-state index is 11.2. The fourth-order valence-electron chi connectivity index (χ4n) is 1.16. The Morgan fingerprint density at radius 3 is 2.86 bits per heavy atom. The average Bonchev–Trinajstić information content (AvgIpc) is 2.52. The summed E-state index contributed by atoms with van der Waals surface area (Å²) >= 11 is 5.73. The number of nitrogen functional groups attached to an aromatic ring is 1. The van der Waals surface area contributed by atoms with E-state index in [1.807, 2.05) is 0 Å². The van der Waals surface area contributed by atoms with Gasteiger partial charge in [-0.15, -0.1) is 0 Å². The van der Waals surface area contributed by atoms with Crippen LogP contribution in [0.2, 0.25) is 5.02 Å². The summed E-state index contributed by atoms with van der Waals surface area (Å²) in [7, 11) is 0. The molecule has 0 unspecified atom stereocenters. The quantitative estimate of drug-likeness (QED) is 0.684. The zero-order valence-electron chi connectivity index (χ0n) is 7.07. The minimum atomic E-state index is -0.334. The predicted octanol–water partition coefficient (Wildman–Crippen LogP) is 0.796. The first-order valence-corrected chi connectivity index (χ1v) is 4.23. The van der Waals surface area contributed by atoms with Crippen molar-refractivity contribution >= 4 is 17.3 Å². The number of rotatable bonds is 1. The van der Waals surface area contributed by atoms with Crippen molar-refractivity contribution in [2.45, 2.75) is 0 Å². The number of H-pyrrole nitrogens is 1. The molecule has 1 aromatic carbocycles. The topological polar surface area (TPSA) is 76.7 Å². The van der Waals surface area contributed by atoms with Gasteiger partial charge in [-0.3, -0.25) is 0 Å². The molecule has 0 bridgehead atoms. The van der Waals surface area contributed by atoms with Crippen molar-refractivity contribution in [2.24, 2.45) is 0 Å². The van der Waals surface area contributed by atoms with Gasteiger partial charge in [-0.1, -0.05) is 11.6 Å². The van der Waals surface area contributed by atoms with E-state index in [0.717, 1.165) is 0 Å². The number of nitrogens with one attached hydrogen (secondary N) is 1. The molecule has 0 saturated heterocycles. The van der Waals surface area contributed by atoms with Gasteiger partial charge >= 0.3 is 5.69 Å². The van der Waals surface area contributed by atoms with Crippen LogP contribution in [-0.4, -0.2) is 14.8 Å². The summed E-state index contributed by atoms with van der Waals surface area (Å²) in [5.41, 5.74) is 6.36. The van der Waals surface area contributed by atoms with Crippen LogP contribution in [0.3, 0.4) is 0 Å². The zero-order chi connectivity index (χ0) is 10.1. The second-order valence-electron chi connectivity index (χ2n) is 2.73. The number of aromatic amines is 1. The number of nitrogens with two attached hydrogens (primary N) is 1. The molecule has 0 atom stereocenters. The smallest absolute Gasteiger partial charge is 0.347 e. The van der Waals surface area contributed by atoms with Crippen LogP contribution in [0.4, 0.5) is 5.69 Å². The van der Waals surface area contributed by atoms with Gasteiger partial charge in [0.25, 0.3) is 0 Å². The van der Waals surface area contributed by atoms with Crippen LogP contribution in [0.5, 0.6) is 0 Å². The van der Waals surface area contributed by atoms with Crippen LogP contribution in [0.1, 0.15) is 0 Å². The first kappa shape index (κ1) is 8.83. The minimum Gasteiger partial charge on any atom is -0.397 e. The van der Waals surface area contributed by atoms with E-state index < -0.39 is 0 Å². The Kier molecular flexibility index (Phi) is 2.01. The van der Waals surface area contributed by atoms with E-state index in [4.69, 9.17) is 17.3 Å². The van der Waals surface area contributed by atoms with Crippen molar-refractivity contribution in [1.82, 2.24) is 14.8 Å². The Labute approximate surface area is 84.1 Å². The summed E-state index contributed by atoms with van der Waals surface area (Å²) in [6.45, 7) is 0. The van der Waals surface area contributed by atoms with Crippen LogP contribution in [-0.2, 0) is 0 Å². The Hall–Kier alpha value is -1.75. The first-order chi connectivity index (χ1) is 6.68. The van der Waals surface area contributed by atoms with E-state index in [0.29, 0.717) is 16.4 Å². The molecule has 5 nitrogen and oxygen atoms in total. The van der Waals surface area contributed by atoms with Crippen LogP contribution in [0, 0.1) is 0 Å². The SMILES string of the molecule is Nc1cc(Cl)ccc1-n1cn[nH]c1=O. The molecule has 2 rings (SSSR count). The number of benzene rings is 1. The van der Waals surface area contributed by atoms with Gasteiger partial charge in [0.2, 0.25) is 0 Å². The molecule has 1 aromatic heterocycles. The highest BCUT2D eigenvalue weighted by atomic mass is 35.5. The first-order valence-electron chi connectivity index (χ1n) is 3.86. The molecule has 0 spiro atoms. The Bertz CT molecular complexity index is 516. The van der Waals surface area contributed by atoms with Crippen LogP contribution < -0.4 is 11.4 Å². The van der Waals surface area contributed by atoms with E-state index in [-0.39, 0.29) is 5.69 Å². The molecule has 14 heavy (non-hydrogen) atoms. The van der Waals surface area contributed by atoms with E-state index in [2.05, 4.69) is 10.2 Å². The molecule has 0 radical (unpaired) electrons. The maximum absolute atomic E-state index is 11.2. The summed E-state index contributed by atoms with van der Waals surface area (Å²) in [4.78, 5) is 11.2. The predicted molar refractivity (Wildman–Crippen MR) is 53.6 cm³/mol. The Morgan fingerprint density at radius 1 is 1.50 bits per heavy atom. The standard InChI is InChI=1S/C8H7ClN4O/c9-5-1-2-7(6(10)3-5)13-4-11-12-8(13)14/h1-4H,10H2,(H,12,14). The monoisotopic (exact) mass is 210 g/mol. The molecule has 6 heteroatoms. The average molecular weight is 211 g/mol. The van der Waals surface area contributed by atoms with Crippen molar-refractivity contribution in [3.8, 4) is 5.69 Å².